The summed E-state index contributed by atoms with van der Waals surface area (Å²) in [4.78, 5) is 3.27. The van der Waals surface area contributed by atoms with Gasteiger partial charge < -0.3 is 14.3 Å². The monoisotopic (exact) mass is 276 g/mol. The molecule has 1 heterocycles. The number of hydrogen-bond donors (Lipinski definition) is 1. The van der Waals surface area contributed by atoms with Crippen LogP contribution in [-0.2, 0) is 11.3 Å². The molecule has 0 atom stereocenters. The minimum atomic E-state index is 0.473. The van der Waals surface area contributed by atoms with Gasteiger partial charge in [0.15, 0.2) is 4.77 Å². The molecule has 0 spiro atoms. The van der Waals surface area contributed by atoms with Crippen molar-refractivity contribution in [2.24, 2.45) is 0 Å². The topological polar surface area (TPSA) is 29.9 Å². The van der Waals surface area contributed by atoms with E-state index in [-0.39, 0.29) is 0 Å². The lowest BCUT2D eigenvalue weighted by molar-refractivity contribution is 0.0533. The number of imidazole rings is 1. The average Bonchev–Trinajstić information content (AvgIpc) is 2.99. The molecule has 3 rings (SSSR count). The number of nitrogens with one attached hydrogen (secondary N) is 1. The van der Waals surface area contributed by atoms with Gasteiger partial charge in [0.25, 0.3) is 0 Å². The van der Waals surface area contributed by atoms with E-state index < -0.39 is 0 Å². The maximum atomic E-state index is 5.94. The van der Waals surface area contributed by atoms with Crippen LogP contribution in [-0.4, -0.2) is 22.3 Å². The molecule has 4 heteroatoms. The summed E-state index contributed by atoms with van der Waals surface area (Å²) in [5, 5.41) is 0. The standard InChI is InChI=1S/C15H20N2OS/c1-11-5-4-8-13-14(11)17(15(19)16-13)9-10-18-12-6-2-3-7-12/h4-5,8,12H,2-3,6-7,9-10H2,1H3,(H,16,19). The largest absolute Gasteiger partial charge is 0.376 e. The molecule has 19 heavy (non-hydrogen) atoms. The number of hydrogen-bond acceptors (Lipinski definition) is 2. The van der Waals surface area contributed by atoms with Gasteiger partial charge in [-0.1, -0.05) is 25.0 Å². The Balaban J connectivity index is 1.76. The van der Waals surface area contributed by atoms with Crippen LogP contribution in [0.4, 0.5) is 0 Å². The van der Waals surface area contributed by atoms with Crippen molar-refractivity contribution in [3.8, 4) is 0 Å². The number of nitrogens with zero attached hydrogens (tertiary/aromatic N) is 1. The Kier molecular flexibility index (Phi) is 3.71. The Morgan fingerprint density at radius 3 is 2.95 bits per heavy atom. The van der Waals surface area contributed by atoms with Gasteiger partial charge >= 0.3 is 0 Å². The normalized spacial score (nSPS) is 16.5. The third-order valence-electron chi connectivity index (χ3n) is 3.97. The van der Waals surface area contributed by atoms with E-state index in [4.69, 9.17) is 17.0 Å². The number of rotatable bonds is 4. The first-order valence-corrected chi connectivity index (χ1v) is 7.46. The zero-order valence-corrected chi connectivity index (χ0v) is 12.1. The number of benzene rings is 1. The van der Waals surface area contributed by atoms with Crippen molar-refractivity contribution in [2.75, 3.05) is 6.61 Å². The fourth-order valence-electron chi connectivity index (χ4n) is 2.98. The molecule has 1 aliphatic carbocycles. The molecular weight excluding hydrogens is 256 g/mol. The highest BCUT2D eigenvalue weighted by Gasteiger charge is 2.15. The number of ether oxygens (including phenoxy) is 1. The summed E-state index contributed by atoms with van der Waals surface area (Å²) in [6.07, 6.45) is 5.55. The smallest absolute Gasteiger partial charge is 0.178 e. The molecule has 1 aromatic carbocycles. The fourth-order valence-corrected chi connectivity index (χ4v) is 3.27. The van der Waals surface area contributed by atoms with Crippen molar-refractivity contribution in [1.29, 1.82) is 0 Å². The number of aromatic amines is 1. The van der Waals surface area contributed by atoms with Crippen LogP contribution in [0.3, 0.4) is 0 Å². The summed E-state index contributed by atoms with van der Waals surface area (Å²) in [5.41, 5.74) is 3.58. The van der Waals surface area contributed by atoms with Gasteiger partial charge in [-0.05, 0) is 43.6 Å². The van der Waals surface area contributed by atoms with E-state index in [1.165, 1.54) is 36.8 Å². The molecule has 1 fully saturated rings. The second-order valence-electron chi connectivity index (χ2n) is 5.33. The predicted molar refractivity (Wildman–Crippen MR) is 80.1 cm³/mol. The highest BCUT2D eigenvalue weighted by molar-refractivity contribution is 7.71. The molecule has 0 saturated heterocycles. The lowest BCUT2D eigenvalue weighted by atomic mass is 10.2. The highest BCUT2D eigenvalue weighted by Crippen LogP contribution is 2.22. The number of fused-ring (bicyclic) bond motifs is 1. The van der Waals surface area contributed by atoms with Gasteiger partial charge in [0, 0.05) is 6.54 Å². The maximum Gasteiger partial charge on any atom is 0.178 e. The van der Waals surface area contributed by atoms with Gasteiger partial charge in [-0.2, -0.15) is 0 Å². The summed E-state index contributed by atoms with van der Waals surface area (Å²) in [5.74, 6) is 0. The quantitative estimate of drug-likeness (QED) is 0.856. The average molecular weight is 276 g/mol. The van der Waals surface area contributed by atoms with Gasteiger partial charge in [0.05, 0.1) is 23.7 Å². The van der Waals surface area contributed by atoms with Gasteiger partial charge in [0.2, 0.25) is 0 Å². The van der Waals surface area contributed by atoms with E-state index in [2.05, 4.69) is 34.7 Å². The summed E-state index contributed by atoms with van der Waals surface area (Å²) in [6.45, 7) is 3.71. The molecule has 2 aromatic rings. The predicted octanol–water partition coefficient (Wildman–Crippen LogP) is 3.97. The van der Waals surface area contributed by atoms with Crippen molar-refractivity contribution in [2.45, 2.75) is 45.3 Å². The molecule has 1 aliphatic rings. The Hall–Kier alpha value is -1.13. The molecule has 0 aliphatic heterocycles. The van der Waals surface area contributed by atoms with Gasteiger partial charge in [-0.25, -0.2) is 0 Å². The zero-order valence-electron chi connectivity index (χ0n) is 11.3. The Bertz CT molecular complexity index is 623. The van der Waals surface area contributed by atoms with Crippen LogP contribution < -0.4 is 0 Å². The van der Waals surface area contributed by atoms with Crippen LogP contribution >= 0.6 is 12.2 Å². The van der Waals surface area contributed by atoms with Crippen molar-refractivity contribution in [1.82, 2.24) is 9.55 Å². The zero-order chi connectivity index (χ0) is 13.2. The van der Waals surface area contributed by atoms with E-state index in [0.29, 0.717) is 6.10 Å². The first-order valence-electron chi connectivity index (χ1n) is 7.05. The highest BCUT2D eigenvalue weighted by atomic mass is 32.1. The summed E-state index contributed by atoms with van der Waals surface area (Å²) in [6, 6.07) is 6.26. The van der Waals surface area contributed by atoms with Crippen LogP contribution in [0.15, 0.2) is 18.2 Å². The second-order valence-corrected chi connectivity index (χ2v) is 5.72. The van der Waals surface area contributed by atoms with Gasteiger partial charge in [0.1, 0.15) is 0 Å². The SMILES string of the molecule is Cc1cccc2[nH]c(=S)n(CCOC3CCCC3)c12. The molecule has 3 nitrogen and oxygen atoms in total. The third-order valence-corrected chi connectivity index (χ3v) is 4.29. The molecule has 0 amide bonds. The van der Waals surface area contributed by atoms with E-state index in [9.17, 15) is 0 Å². The molecule has 102 valence electrons. The lowest BCUT2D eigenvalue weighted by Crippen LogP contribution is -2.13. The van der Waals surface area contributed by atoms with Crippen molar-refractivity contribution >= 4 is 23.3 Å². The van der Waals surface area contributed by atoms with Gasteiger partial charge in [-0.15, -0.1) is 0 Å². The number of para-hydroxylation sites is 1. The van der Waals surface area contributed by atoms with Crippen LogP contribution in [0.2, 0.25) is 0 Å². The first kappa shape index (κ1) is 12.9. The minimum absolute atomic E-state index is 0.473. The number of H-pyrrole nitrogens is 1. The Morgan fingerprint density at radius 2 is 2.16 bits per heavy atom. The molecule has 0 bridgehead atoms. The van der Waals surface area contributed by atoms with Crippen molar-refractivity contribution < 1.29 is 4.74 Å². The van der Waals surface area contributed by atoms with Crippen LogP contribution in [0, 0.1) is 11.7 Å². The summed E-state index contributed by atoms with van der Waals surface area (Å²) < 4.78 is 8.89. The van der Waals surface area contributed by atoms with E-state index >= 15 is 0 Å². The Labute approximate surface area is 118 Å². The van der Waals surface area contributed by atoms with Crippen LogP contribution in [0.1, 0.15) is 31.2 Å². The van der Waals surface area contributed by atoms with E-state index in [0.717, 1.165) is 23.4 Å². The third kappa shape index (κ3) is 2.60. The molecule has 1 saturated carbocycles. The Morgan fingerprint density at radius 1 is 1.37 bits per heavy atom. The molecular formula is C15H20N2OS. The maximum absolute atomic E-state index is 5.94. The van der Waals surface area contributed by atoms with Crippen LogP contribution in [0.5, 0.6) is 0 Å². The number of aryl methyl sites for hydroxylation is 1. The molecule has 0 radical (unpaired) electrons. The molecule has 1 N–H and O–H groups in total. The molecule has 0 unspecified atom stereocenters. The van der Waals surface area contributed by atoms with Gasteiger partial charge in [-0.3, -0.25) is 0 Å². The second kappa shape index (κ2) is 5.47. The van der Waals surface area contributed by atoms with E-state index in [1.807, 2.05) is 0 Å². The molecule has 1 aromatic heterocycles. The fraction of sp³-hybridized carbons (Fsp3) is 0.533. The first-order chi connectivity index (χ1) is 9.25. The van der Waals surface area contributed by atoms with Crippen molar-refractivity contribution in [3.63, 3.8) is 0 Å². The summed E-state index contributed by atoms with van der Waals surface area (Å²) >= 11 is 5.41. The van der Waals surface area contributed by atoms with E-state index in [1.54, 1.807) is 0 Å². The lowest BCUT2D eigenvalue weighted by Gasteiger charge is -2.12. The van der Waals surface area contributed by atoms with Crippen LogP contribution in [0.25, 0.3) is 11.0 Å². The number of aromatic nitrogens is 2. The summed E-state index contributed by atoms with van der Waals surface area (Å²) in [7, 11) is 0. The van der Waals surface area contributed by atoms with Crippen molar-refractivity contribution in [3.05, 3.63) is 28.5 Å². The minimum Gasteiger partial charge on any atom is -0.376 e.